The molecule has 0 saturated heterocycles. The maximum Gasteiger partial charge on any atom is 0.305 e. The van der Waals surface area contributed by atoms with Gasteiger partial charge in [-0.15, -0.1) is 0 Å². The number of hydrogen-bond acceptors (Lipinski definition) is 3. The van der Waals surface area contributed by atoms with E-state index >= 15 is 0 Å². The van der Waals surface area contributed by atoms with Gasteiger partial charge >= 0.3 is 5.97 Å². The Bertz CT molecular complexity index is 263. The fourth-order valence-corrected chi connectivity index (χ4v) is 1.84. The number of carbonyl (C=O) groups is 2. The number of hydrogen-bond donors (Lipinski definition) is 2. The number of aliphatic carboxylic acids is 1. The topological polar surface area (TPSA) is 75.6 Å². The zero-order valence-corrected chi connectivity index (χ0v) is 11.1. The van der Waals surface area contributed by atoms with E-state index < -0.39 is 11.5 Å². The van der Waals surface area contributed by atoms with Crippen molar-refractivity contribution in [2.45, 2.75) is 45.6 Å². The monoisotopic (exact) mass is 245 g/mol. The van der Waals surface area contributed by atoms with Crippen LogP contribution in [0.4, 0.5) is 0 Å². The Balaban J connectivity index is 4.62. The van der Waals surface area contributed by atoms with Crippen LogP contribution in [0.15, 0.2) is 0 Å². The Morgan fingerprint density at radius 1 is 1.35 bits per heavy atom. The van der Waals surface area contributed by atoms with Gasteiger partial charge in [0.1, 0.15) is 0 Å². The minimum absolute atomic E-state index is 0.0695. The minimum atomic E-state index is -0.950. The highest BCUT2D eigenvalue weighted by atomic mass is 16.5. The number of carbonyl (C=O) groups excluding carboxylic acids is 1. The van der Waals surface area contributed by atoms with Gasteiger partial charge in [-0.05, 0) is 19.8 Å². The molecule has 0 heterocycles. The molecule has 1 unspecified atom stereocenters. The molecule has 0 aromatic rings. The van der Waals surface area contributed by atoms with Gasteiger partial charge in [-0.2, -0.15) is 0 Å². The van der Waals surface area contributed by atoms with Crippen LogP contribution in [0.25, 0.3) is 0 Å². The Hall–Kier alpha value is -1.10. The molecule has 0 radical (unpaired) electrons. The number of carboxylic acid groups (broad SMARTS) is 1. The molecule has 0 aliphatic carbocycles. The van der Waals surface area contributed by atoms with Gasteiger partial charge in [-0.1, -0.05) is 13.8 Å². The summed E-state index contributed by atoms with van der Waals surface area (Å²) in [4.78, 5) is 22.7. The van der Waals surface area contributed by atoms with Gasteiger partial charge in [0.15, 0.2) is 0 Å². The first-order valence-electron chi connectivity index (χ1n) is 5.91. The SMILES string of the molecule is CCC(CC)C(=O)NC(C)(COC)CC(=O)O. The van der Waals surface area contributed by atoms with Crippen LogP contribution in [0.3, 0.4) is 0 Å². The predicted molar refractivity (Wildman–Crippen MR) is 64.7 cm³/mol. The number of nitrogens with one attached hydrogen (secondary N) is 1. The Morgan fingerprint density at radius 2 is 1.88 bits per heavy atom. The highest BCUT2D eigenvalue weighted by Gasteiger charge is 2.31. The third-order valence-corrected chi connectivity index (χ3v) is 2.79. The van der Waals surface area contributed by atoms with Crippen LogP contribution in [0.2, 0.25) is 0 Å². The van der Waals surface area contributed by atoms with Crippen molar-refractivity contribution in [1.29, 1.82) is 0 Å². The molecule has 0 spiro atoms. The maximum atomic E-state index is 11.9. The average molecular weight is 245 g/mol. The molecule has 1 atom stereocenters. The van der Waals surface area contributed by atoms with Crippen LogP contribution in [-0.2, 0) is 14.3 Å². The predicted octanol–water partition coefficient (Wildman–Crippen LogP) is 1.42. The van der Waals surface area contributed by atoms with E-state index in [9.17, 15) is 9.59 Å². The van der Waals surface area contributed by atoms with E-state index in [0.29, 0.717) is 0 Å². The van der Waals surface area contributed by atoms with Gasteiger partial charge < -0.3 is 15.2 Å². The molecule has 0 aliphatic heterocycles. The zero-order valence-electron chi connectivity index (χ0n) is 11.1. The van der Waals surface area contributed by atoms with Crippen molar-refractivity contribution in [3.63, 3.8) is 0 Å². The van der Waals surface area contributed by atoms with Crippen molar-refractivity contribution < 1.29 is 19.4 Å². The van der Waals surface area contributed by atoms with Crippen molar-refractivity contribution in [3.05, 3.63) is 0 Å². The number of carboxylic acids is 1. The zero-order chi connectivity index (χ0) is 13.5. The summed E-state index contributed by atoms with van der Waals surface area (Å²) in [5, 5.41) is 11.6. The number of amides is 1. The number of methoxy groups -OCH3 is 1. The molecule has 2 N–H and O–H groups in total. The van der Waals surface area contributed by atoms with Gasteiger partial charge in [0.25, 0.3) is 0 Å². The summed E-state index contributed by atoms with van der Waals surface area (Å²) in [6.45, 7) is 5.76. The molecule has 0 aromatic heterocycles. The standard InChI is InChI=1S/C12H23NO4/c1-5-9(6-2)11(16)13-12(3,8-17-4)7-10(14)15/h9H,5-8H2,1-4H3,(H,13,16)(H,14,15). The van der Waals surface area contributed by atoms with Gasteiger partial charge in [0.2, 0.25) is 5.91 Å². The van der Waals surface area contributed by atoms with Gasteiger partial charge in [-0.25, -0.2) is 0 Å². The number of ether oxygens (including phenoxy) is 1. The second-order valence-corrected chi connectivity index (χ2v) is 4.57. The van der Waals surface area contributed by atoms with E-state index in [0.717, 1.165) is 12.8 Å². The van der Waals surface area contributed by atoms with Crippen molar-refractivity contribution in [3.8, 4) is 0 Å². The Morgan fingerprint density at radius 3 is 2.24 bits per heavy atom. The molecule has 0 aliphatic rings. The van der Waals surface area contributed by atoms with Crippen LogP contribution in [0.5, 0.6) is 0 Å². The highest BCUT2D eigenvalue weighted by Crippen LogP contribution is 2.14. The maximum absolute atomic E-state index is 11.9. The molecule has 0 bridgehead atoms. The smallest absolute Gasteiger partial charge is 0.305 e. The van der Waals surface area contributed by atoms with E-state index in [1.54, 1.807) is 6.92 Å². The van der Waals surface area contributed by atoms with E-state index in [2.05, 4.69) is 5.32 Å². The van der Waals surface area contributed by atoms with Crippen molar-refractivity contribution in [1.82, 2.24) is 5.32 Å². The first-order chi connectivity index (χ1) is 7.88. The summed E-state index contributed by atoms with van der Waals surface area (Å²) in [6.07, 6.45) is 1.35. The summed E-state index contributed by atoms with van der Waals surface area (Å²) < 4.78 is 4.98. The van der Waals surface area contributed by atoms with Crippen LogP contribution in [0.1, 0.15) is 40.0 Å². The van der Waals surface area contributed by atoms with Gasteiger partial charge in [0.05, 0.1) is 18.6 Å². The molecule has 0 rings (SSSR count). The molecule has 100 valence electrons. The lowest BCUT2D eigenvalue weighted by Crippen LogP contribution is -2.52. The van der Waals surface area contributed by atoms with E-state index in [4.69, 9.17) is 9.84 Å². The molecule has 0 fully saturated rings. The lowest BCUT2D eigenvalue weighted by molar-refractivity contribution is -0.140. The molecule has 17 heavy (non-hydrogen) atoms. The van der Waals surface area contributed by atoms with Crippen LogP contribution in [-0.4, -0.2) is 36.2 Å². The van der Waals surface area contributed by atoms with Gasteiger partial charge in [0, 0.05) is 13.0 Å². The second kappa shape index (κ2) is 7.27. The summed E-state index contributed by atoms with van der Waals surface area (Å²) in [6, 6.07) is 0. The van der Waals surface area contributed by atoms with Crippen molar-refractivity contribution in [2.24, 2.45) is 5.92 Å². The van der Waals surface area contributed by atoms with Crippen molar-refractivity contribution >= 4 is 11.9 Å². The summed E-state index contributed by atoms with van der Waals surface area (Å²) in [7, 11) is 1.49. The summed E-state index contributed by atoms with van der Waals surface area (Å²) >= 11 is 0. The first kappa shape index (κ1) is 15.9. The van der Waals surface area contributed by atoms with Gasteiger partial charge in [-0.3, -0.25) is 9.59 Å². The highest BCUT2D eigenvalue weighted by molar-refractivity contribution is 5.80. The molecule has 5 nitrogen and oxygen atoms in total. The molecule has 1 amide bonds. The molecule has 5 heteroatoms. The Labute approximate surface area is 103 Å². The van der Waals surface area contributed by atoms with Crippen LogP contribution >= 0.6 is 0 Å². The third-order valence-electron chi connectivity index (χ3n) is 2.79. The van der Waals surface area contributed by atoms with Crippen LogP contribution < -0.4 is 5.32 Å². The number of rotatable bonds is 8. The van der Waals surface area contributed by atoms with E-state index in [1.807, 2.05) is 13.8 Å². The first-order valence-corrected chi connectivity index (χ1v) is 5.91. The fourth-order valence-electron chi connectivity index (χ4n) is 1.84. The normalized spacial score (nSPS) is 14.4. The molecule has 0 saturated carbocycles. The fraction of sp³-hybridized carbons (Fsp3) is 0.833. The quantitative estimate of drug-likeness (QED) is 0.678. The largest absolute Gasteiger partial charge is 0.481 e. The summed E-state index contributed by atoms with van der Waals surface area (Å²) in [5.41, 5.74) is -0.847. The van der Waals surface area contributed by atoms with Crippen LogP contribution in [0, 0.1) is 5.92 Å². The molecule has 0 aromatic carbocycles. The Kier molecular flexibility index (Phi) is 6.80. The van der Waals surface area contributed by atoms with E-state index in [-0.39, 0.29) is 24.9 Å². The lowest BCUT2D eigenvalue weighted by atomic mass is 9.95. The molecular weight excluding hydrogens is 222 g/mol. The molecular formula is C12H23NO4. The minimum Gasteiger partial charge on any atom is -0.481 e. The average Bonchev–Trinajstić information content (AvgIpc) is 2.17. The third kappa shape index (κ3) is 5.68. The lowest BCUT2D eigenvalue weighted by Gasteiger charge is -2.30. The van der Waals surface area contributed by atoms with Crippen molar-refractivity contribution in [2.75, 3.05) is 13.7 Å². The second-order valence-electron chi connectivity index (χ2n) is 4.57. The van der Waals surface area contributed by atoms with E-state index in [1.165, 1.54) is 7.11 Å². The summed E-state index contributed by atoms with van der Waals surface area (Å²) in [5.74, 6) is -1.12.